The maximum Gasteiger partial charge on any atom is 0.301 e. The molecule has 2 rings (SSSR count). The number of benzene rings is 1. The number of hydrogen-bond acceptors (Lipinski definition) is 4. The van der Waals surface area contributed by atoms with E-state index in [1.54, 1.807) is 0 Å². The van der Waals surface area contributed by atoms with Crippen LogP contribution in [0.1, 0.15) is 6.42 Å². The minimum Gasteiger partial charge on any atom is -0.271 e. The molecule has 118 valence electrons. The lowest BCUT2D eigenvalue weighted by molar-refractivity contribution is 0.527. The van der Waals surface area contributed by atoms with Crippen molar-refractivity contribution in [3.63, 3.8) is 0 Å². The molecule has 0 bridgehead atoms. The Hall–Kier alpha value is -1.03. The third kappa shape index (κ3) is 3.42. The molecule has 21 heavy (non-hydrogen) atoms. The zero-order valence-corrected chi connectivity index (χ0v) is 14.0. The van der Waals surface area contributed by atoms with E-state index in [0.29, 0.717) is 18.7 Å². The Balaban J connectivity index is 2.31. The van der Waals surface area contributed by atoms with E-state index in [2.05, 4.69) is 4.72 Å². The average Bonchev–Trinajstić information content (AvgIpc) is 2.68. The molecule has 0 amide bonds. The van der Waals surface area contributed by atoms with Gasteiger partial charge in [0, 0.05) is 20.6 Å². The highest BCUT2D eigenvalue weighted by Gasteiger charge is 2.30. The summed E-state index contributed by atoms with van der Waals surface area (Å²) in [6.07, 6.45) is 0.549. The molecule has 0 unspecified atom stereocenters. The van der Waals surface area contributed by atoms with Crippen molar-refractivity contribution in [3.8, 4) is 0 Å². The number of hydrogen-bond donors (Lipinski definition) is 1. The summed E-state index contributed by atoms with van der Waals surface area (Å²) in [5.41, 5.74) is 0.635. The number of rotatable bonds is 4. The molecular formula is C11H16ClN3O4S2. The smallest absolute Gasteiger partial charge is 0.271 e. The number of halogens is 1. The maximum absolute atomic E-state index is 11.9. The minimum atomic E-state index is -3.63. The van der Waals surface area contributed by atoms with Gasteiger partial charge in [-0.25, -0.2) is 8.42 Å². The summed E-state index contributed by atoms with van der Waals surface area (Å²) in [7, 11) is -4.16. The Morgan fingerprint density at radius 3 is 2.48 bits per heavy atom. The molecule has 1 fully saturated rings. The van der Waals surface area contributed by atoms with Gasteiger partial charge in [-0.15, -0.1) is 0 Å². The first-order chi connectivity index (χ1) is 9.63. The fourth-order valence-corrected chi connectivity index (χ4v) is 4.44. The summed E-state index contributed by atoms with van der Waals surface area (Å²) < 4.78 is 51.8. The van der Waals surface area contributed by atoms with E-state index in [1.165, 1.54) is 36.6 Å². The standard InChI is InChI=1S/C11H16ClN3O4S2/c1-14(2)21(18,19)13-9-4-5-11(10(12)8-9)15-6-3-7-20(15,16)17/h4-5,8,13H,3,6-7H2,1-2H3. The van der Waals surface area contributed by atoms with Gasteiger partial charge in [0.25, 0.3) is 0 Å². The fraction of sp³-hybridized carbons (Fsp3) is 0.455. The van der Waals surface area contributed by atoms with Crippen molar-refractivity contribution in [2.24, 2.45) is 0 Å². The molecule has 0 saturated carbocycles. The van der Waals surface area contributed by atoms with Gasteiger partial charge in [0.2, 0.25) is 10.0 Å². The lowest BCUT2D eigenvalue weighted by Crippen LogP contribution is -2.29. The molecule has 7 nitrogen and oxygen atoms in total. The number of nitrogens with zero attached hydrogens (tertiary/aromatic N) is 2. The summed E-state index contributed by atoms with van der Waals surface area (Å²) in [5, 5.41) is 0.180. The third-order valence-corrected chi connectivity index (χ3v) is 6.66. The normalized spacial score (nSPS) is 18.2. The van der Waals surface area contributed by atoms with Crippen molar-refractivity contribution in [1.82, 2.24) is 4.31 Å². The van der Waals surface area contributed by atoms with Crippen LogP contribution in [-0.2, 0) is 20.2 Å². The van der Waals surface area contributed by atoms with Crippen LogP contribution in [0, 0.1) is 0 Å². The van der Waals surface area contributed by atoms with E-state index in [-0.39, 0.29) is 16.5 Å². The van der Waals surface area contributed by atoms with Gasteiger partial charge in [-0.05, 0) is 24.6 Å². The predicted molar refractivity (Wildman–Crippen MR) is 83.4 cm³/mol. The maximum atomic E-state index is 11.9. The Morgan fingerprint density at radius 1 is 1.33 bits per heavy atom. The van der Waals surface area contributed by atoms with Crippen molar-refractivity contribution >= 4 is 43.2 Å². The topological polar surface area (TPSA) is 86.8 Å². The fourth-order valence-electron chi connectivity index (χ4n) is 1.92. The molecular weight excluding hydrogens is 338 g/mol. The monoisotopic (exact) mass is 353 g/mol. The van der Waals surface area contributed by atoms with Crippen LogP contribution >= 0.6 is 11.6 Å². The van der Waals surface area contributed by atoms with Gasteiger partial charge >= 0.3 is 10.2 Å². The number of sulfonamides is 1. The van der Waals surface area contributed by atoms with Crippen LogP contribution in [0.3, 0.4) is 0 Å². The molecule has 1 heterocycles. The van der Waals surface area contributed by atoms with Crippen molar-refractivity contribution in [2.45, 2.75) is 6.42 Å². The van der Waals surface area contributed by atoms with Crippen LogP contribution in [0.5, 0.6) is 0 Å². The average molecular weight is 354 g/mol. The Kier molecular flexibility index (Phi) is 4.39. The van der Waals surface area contributed by atoms with Gasteiger partial charge in [-0.3, -0.25) is 9.03 Å². The molecule has 0 spiro atoms. The van der Waals surface area contributed by atoms with Crippen LogP contribution in [0.25, 0.3) is 0 Å². The summed E-state index contributed by atoms with van der Waals surface area (Å²) in [6.45, 7) is 0.380. The van der Waals surface area contributed by atoms with E-state index in [1.807, 2.05) is 0 Å². The highest BCUT2D eigenvalue weighted by molar-refractivity contribution is 7.93. The quantitative estimate of drug-likeness (QED) is 0.878. The van der Waals surface area contributed by atoms with Crippen LogP contribution in [0.4, 0.5) is 11.4 Å². The molecule has 1 saturated heterocycles. The highest BCUT2D eigenvalue weighted by atomic mass is 35.5. The summed E-state index contributed by atoms with van der Waals surface area (Å²) in [4.78, 5) is 0. The van der Waals surface area contributed by atoms with Gasteiger partial charge in [-0.2, -0.15) is 12.7 Å². The predicted octanol–water partition coefficient (Wildman–Crippen LogP) is 1.10. The van der Waals surface area contributed by atoms with Crippen molar-refractivity contribution in [3.05, 3.63) is 23.2 Å². The van der Waals surface area contributed by atoms with Gasteiger partial charge in [0.05, 0.1) is 22.2 Å². The summed E-state index contributed by atoms with van der Waals surface area (Å²) in [6, 6.07) is 4.38. The van der Waals surface area contributed by atoms with Crippen LogP contribution in [0.15, 0.2) is 18.2 Å². The van der Waals surface area contributed by atoms with Crippen molar-refractivity contribution in [2.75, 3.05) is 35.4 Å². The summed E-state index contributed by atoms with van der Waals surface area (Å²) >= 11 is 6.09. The van der Waals surface area contributed by atoms with Crippen LogP contribution in [-0.4, -0.2) is 47.5 Å². The molecule has 0 aliphatic carbocycles. The number of anilines is 2. The summed E-state index contributed by atoms with van der Waals surface area (Å²) in [5.74, 6) is 0.0956. The van der Waals surface area contributed by atoms with E-state index in [4.69, 9.17) is 11.6 Å². The minimum absolute atomic E-state index is 0.0956. The Labute approximate surface area is 129 Å². The molecule has 1 aliphatic heterocycles. The molecule has 1 aliphatic rings. The van der Waals surface area contributed by atoms with E-state index in [9.17, 15) is 16.8 Å². The molecule has 0 aromatic heterocycles. The molecule has 1 aromatic carbocycles. The third-order valence-electron chi connectivity index (χ3n) is 3.04. The van der Waals surface area contributed by atoms with Crippen LogP contribution in [0.2, 0.25) is 5.02 Å². The van der Waals surface area contributed by atoms with Gasteiger partial charge < -0.3 is 0 Å². The second-order valence-corrected chi connectivity index (χ2v) is 9.10. The molecule has 1 aromatic rings. The first-order valence-corrected chi connectivity index (χ1v) is 9.56. The molecule has 10 heteroatoms. The van der Waals surface area contributed by atoms with E-state index >= 15 is 0 Å². The number of nitrogens with one attached hydrogen (secondary N) is 1. The zero-order valence-electron chi connectivity index (χ0n) is 11.6. The van der Waals surface area contributed by atoms with Gasteiger partial charge in [-0.1, -0.05) is 11.6 Å². The van der Waals surface area contributed by atoms with Gasteiger partial charge in [0.15, 0.2) is 0 Å². The van der Waals surface area contributed by atoms with Crippen LogP contribution < -0.4 is 9.03 Å². The highest BCUT2D eigenvalue weighted by Crippen LogP contribution is 2.33. The van der Waals surface area contributed by atoms with Crippen molar-refractivity contribution < 1.29 is 16.8 Å². The SMILES string of the molecule is CN(C)S(=O)(=O)Nc1ccc(N2CCCS2(=O)=O)c(Cl)c1. The van der Waals surface area contributed by atoms with Crippen molar-refractivity contribution in [1.29, 1.82) is 0 Å². The largest absolute Gasteiger partial charge is 0.301 e. The Morgan fingerprint density at radius 2 is 2.00 bits per heavy atom. The first kappa shape index (κ1) is 16.3. The first-order valence-electron chi connectivity index (χ1n) is 6.14. The molecule has 0 radical (unpaired) electrons. The second-order valence-electron chi connectivity index (χ2n) is 4.80. The van der Waals surface area contributed by atoms with Gasteiger partial charge in [0.1, 0.15) is 0 Å². The second kappa shape index (κ2) is 5.64. The lowest BCUT2D eigenvalue weighted by atomic mass is 10.3. The zero-order chi connectivity index (χ0) is 15.8. The molecule has 0 atom stereocenters. The van der Waals surface area contributed by atoms with E-state index in [0.717, 1.165) is 4.31 Å². The van der Waals surface area contributed by atoms with E-state index < -0.39 is 20.2 Å². The lowest BCUT2D eigenvalue weighted by Gasteiger charge is -2.19. The molecule has 1 N–H and O–H groups in total. The Bertz CT molecular complexity index is 747.